The Balaban J connectivity index is 1.81. The maximum absolute atomic E-state index is 12.5. The monoisotopic (exact) mass is 465 g/mol. The van der Waals surface area contributed by atoms with Crippen LogP contribution in [0.15, 0.2) is 52.7 Å². The second-order valence-corrected chi connectivity index (χ2v) is 6.89. The summed E-state index contributed by atoms with van der Waals surface area (Å²) in [6.07, 6.45) is 0.915. The van der Waals surface area contributed by atoms with Crippen LogP contribution in [0.4, 0.5) is 11.4 Å². The minimum absolute atomic E-state index is 0.236. The lowest BCUT2D eigenvalue weighted by molar-refractivity contribution is 0.0815. The Kier molecular flexibility index (Phi) is 6.33. The van der Waals surface area contributed by atoms with Crippen molar-refractivity contribution in [1.29, 1.82) is 0 Å². The minimum atomic E-state index is -0.705. The summed E-state index contributed by atoms with van der Waals surface area (Å²) in [4.78, 5) is 12.5. The maximum Gasteiger partial charge on any atom is 0.251 e. The summed E-state index contributed by atoms with van der Waals surface area (Å²) < 4.78 is 5.02. The first kappa shape index (κ1) is 18.9. The van der Waals surface area contributed by atoms with Crippen LogP contribution in [0.5, 0.6) is 0 Å². The van der Waals surface area contributed by atoms with Crippen LogP contribution >= 0.6 is 23.0 Å². The molecule has 136 valence electrons. The predicted octanol–water partition coefficient (Wildman–Crippen LogP) is 4.05. The summed E-state index contributed by atoms with van der Waals surface area (Å²) in [5.41, 5.74) is 4.32. The van der Waals surface area contributed by atoms with Crippen LogP contribution in [0.25, 0.3) is 0 Å². The van der Waals surface area contributed by atoms with Gasteiger partial charge in [0.25, 0.3) is 5.91 Å². The third-order valence-corrected chi connectivity index (χ3v) is 4.76. The summed E-state index contributed by atoms with van der Waals surface area (Å²) in [5, 5.41) is 21.3. The molecule has 0 fully saturated rings. The highest BCUT2D eigenvalue weighted by atomic mass is 127. The van der Waals surface area contributed by atoms with Gasteiger partial charge in [-0.15, -0.1) is 0 Å². The van der Waals surface area contributed by atoms with Crippen molar-refractivity contribution in [2.45, 2.75) is 31.9 Å². The van der Waals surface area contributed by atoms with E-state index in [0.717, 1.165) is 35.3 Å². The molecule has 0 spiro atoms. The van der Waals surface area contributed by atoms with Crippen LogP contribution in [0, 0.1) is 0 Å². The lowest BCUT2D eigenvalue weighted by Crippen LogP contribution is -2.44. The normalized spacial score (nSPS) is 15.2. The van der Waals surface area contributed by atoms with Gasteiger partial charge >= 0.3 is 0 Å². The molecular formula is C19H20IN3O3. The lowest BCUT2D eigenvalue weighted by Gasteiger charge is -2.20. The van der Waals surface area contributed by atoms with Crippen LogP contribution < -0.4 is 5.32 Å². The van der Waals surface area contributed by atoms with Crippen molar-refractivity contribution in [3.05, 3.63) is 59.2 Å². The number of aryl methyl sites for hydroxylation is 2. The Morgan fingerprint density at radius 2 is 1.88 bits per heavy atom. The molecule has 26 heavy (non-hydrogen) atoms. The largest absolute Gasteiger partial charge is 0.391 e. The second kappa shape index (κ2) is 8.70. The van der Waals surface area contributed by atoms with Crippen molar-refractivity contribution >= 4 is 40.3 Å². The molecule has 0 bridgehead atoms. The molecule has 0 aromatic heterocycles. The number of azo groups is 1. The summed E-state index contributed by atoms with van der Waals surface area (Å²) >= 11 is 1.75. The molecule has 0 saturated carbocycles. The summed E-state index contributed by atoms with van der Waals surface area (Å²) in [6, 6.07) is 12.9. The van der Waals surface area contributed by atoms with E-state index < -0.39 is 12.1 Å². The molecule has 7 heteroatoms. The number of aliphatic hydroxyl groups is 1. The van der Waals surface area contributed by atoms with E-state index in [0.29, 0.717) is 5.56 Å². The van der Waals surface area contributed by atoms with Gasteiger partial charge in [-0.3, -0.25) is 4.79 Å². The number of halogens is 1. The predicted molar refractivity (Wildman–Crippen MR) is 107 cm³/mol. The fourth-order valence-corrected chi connectivity index (χ4v) is 3.23. The first-order chi connectivity index (χ1) is 12.6. The summed E-state index contributed by atoms with van der Waals surface area (Å²) in [5.74, 6) is -0.244. The highest BCUT2D eigenvalue weighted by Crippen LogP contribution is 2.30. The molecule has 6 nitrogen and oxygen atoms in total. The molecule has 1 aliphatic heterocycles. The molecule has 1 aliphatic rings. The van der Waals surface area contributed by atoms with Crippen LogP contribution in [0.3, 0.4) is 0 Å². The van der Waals surface area contributed by atoms with Gasteiger partial charge in [0, 0.05) is 5.56 Å². The van der Waals surface area contributed by atoms with E-state index in [1.54, 1.807) is 36.0 Å². The Bertz CT molecular complexity index is 823. The maximum atomic E-state index is 12.5. The van der Waals surface area contributed by atoms with Crippen LogP contribution in [-0.4, -0.2) is 29.8 Å². The van der Waals surface area contributed by atoms with E-state index in [1.165, 1.54) is 0 Å². The van der Waals surface area contributed by atoms with Gasteiger partial charge in [-0.1, -0.05) is 18.2 Å². The second-order valence-electron chi connectivity index (χ2n) is 6.27. The molecule has 2 atom stereocenters. The van der Waals surface area contributed by atoms with Gasteiger partial charge in [0.2, 0.25) is 0 Å². The van der Waals surface area contributed by atoms with Crippen molar-refractivity contribution in [3.63, 3.8) is 0 Å². The molecular weight excluding hydrogens is 445 g/mol. The number of carbonyl (C=O) groups is 1. The van der Waals surface area contributed by atoms with Crippen molar-refractivity contribution < 1.29 is 13.0 Å². The van der Waals surface area contributed by atoms with Crippen LogP contribution in [-0.2, 0) is 15.9 Å². The zero-order chi connectivity index (χ0) is 18.5. The van der Waals surface area contributed by atoms with E-state index in [4.69, 9.17) is 3.07 Å². The number of rotatable bonds is 5. The fraction of sp³-hybridized carbons (Fsp3) is 0.316. The SMILES string of the molecule is C[C@H](O)[C@H](COI)NC(=O)c1ccc2c(c1)CCc1ccccc1N=N2. The number of aliphatic hydroxyl groups excluding tert-OH is 1. The average Bonchev–Trinajstić information content (AvgIpc) is 2.63. The van der Waals surface area contributed by atoms with Crippen molar-refractivity contribution in [2.75, 3.05) is 6.61 Å². The molecule has 1 amide bonds. The van der Waals surface area contributed by atoms with Gasteiger partial charge in [0.05, 0.1) is 30.1 Å². The smallest absolute Gasteiger partial charge is 0.251 e. The number of fused-ring (bicyclic) bond motifs is 2. The summed E-state index contributed by atoms with van der Waals surface area (Å²) in [6.45, 7) is 1.86. The molecule has 3 rings (SSSR count). The third kappa shape index (κ3) is 4.46. The van der Waals surface area contributed by atoms with Gasteiger partial charge in [-0.25, -0.2) is 0 Å². The molecule has 2 N–H and O–H groups in total. The topological polar surface area (TPSA) is 83.3 Å². The molecule has 2 aromatic carbocycles. The first-order valence-corrected chi connectivity index (χ1v) is 9.31. The van der Waals surface area contributed by atoms with E-state index in [1.807, 2.05) is 36.4 Å². The highest BCUT2D eigenvalue weighted by Gasteiger charge is 2.20. The van der Waals surface area contributed by atoms with Crippen LogP contribution in [0.1, 0.15) is 28.4 Å². The van der Waals surface area contributed by atoms with Crippen LogP contribution in [0.2, 0.25) is 0 Å². The van der Waals surface area contributed by atoms with E-state index in [-0.39, 0.29) is 12.5 Å². The number of amides is 1. The number of nitrogens with one attached hydrogen (secondary N) is 1. The molecule has 2 aromatic rings. The lowest BCUT2D eigenvalue weighted by atomic mass is 9.99. The number of hydrogen-bond acceptors (Lipinski definition) is 5. The average molecular weight is 465 g/mol. The highest BCUT2D eigenvalue weighted by molar-refractivity contribution is 14.1. The molecule has 0 unspecified atom stereocenters. The Morgan fingerprint density at radius 1 is 1.19 bits per heavy atom. The number of benzene rings is 2. The Hall–Kier alpha value is -1.84. The van der Waals surface area contributed by atoms with Gasteiger partial charge in [-0.05, 0) is 55.2 Å². The fourth-order valence-electron chi connectivity index (χ4n) is 2.84. The van der Waals surface area contributed by atoms with Gasteiger partial charge in [0.1, 0.15) is 23.0 Å². The van der Waals surface area contributed by atoms with Crippen molar-refractivity contribution in [2.24, 2.45) is 10.2 Å². The standard InChI is InChI=1S/C19H20IN3O3/c1-12(24)18(11-26-20)21-19(25)15-8-9-17-14(10-15)7-6-13-4-2-3-5-16(13)22-23-17/h2-5,8-10,12,18,24H,6-7,11H2,1H3,(H,21,25)/t12-,18-/m0/s1. The Morgan fingerprint density at radius 3 is 2.62 bits per heavy atom. The van der Waals surface area contributed by atoms with Crippen molar-refractivity contribution in [3.8, 4) is 0 Å². The quantitative estimate of drug-likeness (QED) is 0.654. The van der Waals surface area contributed by atoms with Crippen molar-refractivity contribution in [1.82, 2.24) is 5.32 Å². The molecule has 0 aliphatic carbocycles. The van der Waals surface area contributed by atoms with E-state index in [2.05, 4.69) is 15.5 Å². The third-order valence-electron chi connectivity index (χ3n) is 4.40. The number of carbonyl (C=O) groups excluding carboxylic acids is 1. The molecule has 0 radical (unpaired) electrons. The zero-order valence-electron chi connectivity index (χ0n) is 14.4. The zero-order valence-corrected chi connectivity index (χ0v) is 16.5. The van der Waals surface area contributed by atoms with E-state index >= 15 is 0 Å². The minimum Gasteiger partial charge on any atom is -0.391 e. The molecule has 0 saturated heterocycles. The van der Waals surface area contributed by atoms with Gasteiger partial charge in [0.15, 0.2) is 0 Å². The first-order valence-electron chi connectivity index (χ1n) is 8.43. The Labute approximate surface area is 166 Å². The molecule has 1 heterocycles. The summed E-state index contributed by atoms with van der Waals surface area (Å²) in [7, 11) is 0. The number of nitrogens with zero attached hydrogens (tertiary/aromatic N) is 2. The van der Waals surface area contributed by atoms with E-state index in [9.17, 15) is 9.90 Å². The van der Waals surface area contributed by atoms with Gasteiger partial charge in [-0.2, -0.15) is 10.2 Å². The van der Waals surface area contributed by atoms with Gasteiger partial charge < -0.3 is 13.5 Å². The number of hydrogen-bond donors (Lipinski definition) is 2.